The van der Waals surface area contributed by atoms with Gasteiger partial charge in [0.1, 0.15) is 0 Å². The van der Waals surface area contributed by atoms with Crippen LogP contribution in [0.4, 0.5) is 0 Å². The average Bonchev–Trinajstić information content (AvgIpc) is 2.00. The molecule has 0 radical (unpaired) electrons. The first-order chi connectivity index (χ1) is 5.57. The Bertz CT molecular complexity index is 168. The highest BCUT2D eigenvalue weighted by Gasteiger charge is 2.08. The second kappa shape index (κ2) is 5.94. The molecule has 0 bridgehead atoms. The molecular formula is C8H15NO2S. The van der Waals surface area contributed by atoms with Gasteiger partial charge in [0.25, 0.3) is 0 Å². The van der Waals surface area contributed by atoms with Gasteiger partial charge in [0, 0.05) is 6.54 Å². The van der Waals surface area contributed by atoms with E-state index in [-0.39, 0.29) is 4.99 Å². The average molecular weight is 189 g/mol. The molecule has 0 heterocycles. The summed E-state index contributed by atoms with van der Waals surface area (Å²) in [5.74, 6) is 0.0329. The van der Waals surface area contributed by atoms with Crippen molar-refractivity contribution in [3.8, 4) is 0 Å². The zero-order valence-corrected chi connectivity index (χ0v) is 8.53. The fraction of sp³-hybridized carbons (Fsp3) is 0.750. The molecule has 0 saturated heterocycles. The Morgan fingerprint density at radius 3 is 2.58 bits per heavy atom. The second-order valence-electron chi connectivity index (χ2n) is 2.82. The molecule has 4 heteroatoms. The van der Waals surface area contributed by atoms with Crippen LogP contribution < -0.4 is 5.32 Å². The first-order valence-corrected chi connectivity index (χ1v) is 4.43. The summed E-state index contributed by atoms with van der Waals surface area (Å²) in [5, 5.41) is 2.82. The minimum absolute atomic E-state index is 0.172. The molecule has 0 spiro atoms. The number of carbonyl (C=O) groups is 1. The fourth-order valence-corrected chi connectivity index (χ4v) is 0.708. The molecule has 0 aliphatic carbocycles. The van der Waals surface area contributed by atoms with Gasteiger partial charge in [0.15, 0.2) is 4.99 Å². The van der Waals surface area contributed by atoms with Gasteiger partial charge in [-0.3, -0.25) is 0 Å². The van der Waals surface area contributed by atoms with Gasteiger partial charge in [0.05, 0.1) is 6.61 Å². The summed E-state index contributed by atoms with van der Waals surface area (Å²) in [6.45, 7) is 6.91. The number of esters is 1. The van der Waals surface area contributed by atoms with Crippen molar-refractivity contribution in [1.82, 2.24) is 5.32 Å². The van der Waals surface area contributed by atoms with Crippen LogP contribution in [-0.4, -0.2) is 24.1 Å². The van der Waals surface area contributed by atoms with E-state index in [4.69, 9.17) is 17.0 Å². The van der Waals surface area contributed by atoms with Crippen molar-refractivity contribution >= 4 is 23.2 Å². The van der Waals surface area contributed by atoms with E-state index in [1.165, 1.54) is 0 Å². The summed E-state index contributed by atoms with van der Waals surface area (Å²) in [5.41, 5.74) is 0. The van der Waals surface area contributed by atoms with Gasteiger partial charge in [-0.25, -0.2) is 4.79 Å². The molecule has 3 nitrogen and oxygen atoms in total. The van der Waals surface area contributed by atoms with Crippen LogP contribution in [0.5, 0.6) is 0 Å². The van der Waals surface area contributed by atoms with E-state index in [2.05, 4.69) is 5.32 Å². The van der Waals surface area contributed by atoms with Gasteiger partial charge >= 0.3 is 5.97 Å². The molecule has 0 aliphatic heterocycles. The maximum atomic E-state index is 10.9. The number of thiocarbonyl (C=S) groups is 1. The standard InChI is InChI=1S/C8H15NO2S/c1-4-11-8(10)7(12)9-5-6(2)3/h6H,4-5H2,1-3H3,(H,9,12). The fourth-order valence-electron chi connectivity index (χ4n) is 0.566. The van der Waals surface area contributed by atoms with E-state index in [1.54, 1.807) is 6.92 Å². The molecule has 0 aromatic carbocycles. The van der Waals surface area contributed by atoms with Gasteiger partial charge in [0.2, 0.25) is 0 Å². The molecule has 0 unspecified atom stereocenters. The Morgan fingerprint density at radius 1 is 1.58 bits per heavy atom. The highest BCUT2D eigenvalue weighted by Crippen LogP contribution is 1.88. The quantitative estimate of drug-likeness (QED) is 0.533. The van der Waals surface area contributed by atoms with Gasteiger partial charge in [-0.2, -0.15) is 0 Å². The predicted octanol–water partition coefficient (Wildman–Crippen LogP) is 1.12. The predicted molar refractivity (Wildman–Crippen MR) is 52.1 cm³/mol. The summed E-state index contributed by atoms with van der Waals surface area (Å²) in [4.78, 5) is 11.1. The second-order valence-corrected chi connectivity index (χ2v) is 3.23. The Balaban J connectivity index is 3.65. The SMILES string of the molecule is CCOC(=O)C(=S)NCC(C)C. The Labute approximate surface area is 78.5 Å². The van der Waals surface area contributed by atoms with Crippen LogP contribution in [-0.2, 0) is 9.53 Å². The zero-order valence-electron chi connectivity index (χ0n) is 7.72. The normalized spacial score (nSPS) is 9.67. The van der Waals surface area contributed by atoms with Crippen LogP contribution in [0.1, 0.15) is 20.8 Å². The number of rotatable bonds is 3. The molecule has 0 fully saturated rings. The molecule has 0 atom stereocenters. The van der Waals surface area contributed by atoms with E-state index in [0.717, 1.165) is 0 Å². The van der Waals surface area contributed by atoms with Gasteiger partial charge in [-0.05, 0) is 12.8 Å². The van der Waals surface area contributed by atoms with Crippen molar-refractivity contribution in [2.24, 2.45) is 5.92 Å². The van der Waals surface area contributed by atoms with E-state index in [1.807, 2.05) is 13.8 Å². The van der Waals surface area contributed by atoms with E-state index in [9.17, 15) is 4.79 Å². The van der Waals surface area contributed by atoms with E-state index in [0.29, 0.717) is 19.1 Å². The van der Waals surface area contributed by atoms with Crippen molar-refractivity contribution in [1.29, 1.82) is 0 Å². The summed E-state index contributed by atoms with van der Waals surface area (Å²) in [7, 11) is 0. The lowest BCUT2D eigenvalue weighted by molar-refractivity contribution is -0.135. The summed E-state index contributed by atoms with van der Waals surface area (Å²) >= 11 is 4.77. The zero-order chi connectivity index (χ0) is 9.56. The first-order valence-electron chi connectivity index (χ1n) is 4.02. The van der Waals surface area contributed by atoms with Crippen LogP contribution >= 0.6 is 12.2 Å². The van der Waals surface area contributed by atoms with Crippen LogP contribution in [0.2, 0.25) is 0 Å². The summed E-state index contributed by atoms with van der Waals surface area (Å²) in [6.07, 6.45) is 0. The van der Waals surface area contributed by atoms with Crippen molar-refractivity contribution < 1.29 is 9.53 Å². The molecule has 1 N–H and O–H groups in total. The van der Waals surface area contributed by atoms with Crippen LogP contribution in [0.15, 0.2) is 0 Å². The third kappa shape index (κ3) is 5.07. The number of carbonyl (C=O) groups excluding carboxylic acids is 1. The van der Waals surface area contributed by atoms with Crippen molar-refractivity contribution in [2.45, 2.75) is 20.8 Å². The molecule has 0 aromatic rings. The van der Waals surface area contributed by atoms with E-state index < -0.39 is 5.97 Å². The highest BCUT2D eigenvalue weighted by atomic mass is 32.1. The third-order valence-electron chi connectivity index (χ3n) is 1.13. The summed E-state index contributed by atoms with van der Waals surface area (Å²) < 4.78 is 4.69. The van der Waals surface area contributed by atoms with E-state index >= 15 is 0 Å². The van der Waals surface area contributed by atoms with Gasteiger partial charge in [-0.15, -0.1) is 0 Å². The van der Waals surface area contributed by atoms with Crippen LogP contribution in [0, 0.1) is 5.92 Å². The Hall–Kier alpha value is -0.640. The molecule has 0 aliphatic rings. The lowest BCUT2D eigenvalue weighted by Gasteiger charge is -2.08. The number of hydrogen-bond donors (Lipinski definition) is 1. The topological polar surface area (TPSA) is 38.3 Å². The molecule has 70 valence electrons. The molecule has 0 saturated carbocycles. The lowest BCUT2D eigenvalue weighted by atomic mass is 10.2. The Morgan fingerprint density at radius 2 is 2.17 bits per heavy atom. The molecule has 0 rings (SSSR count). The molecule has 0 amide bonds. The van der Waals surface area contributed by atoms with Crippen molar-refractivity contribution in [3.05, 3.63) is 0 Å². The smallest absolute Gasteiger partial charge is 0.365 e. The first kappa shape index (κ1) is 11.4. The highest BCUT2D eigenvalue weighted by molar-refractivity contribution is 7.81. The van der Waals surface area contributed by atoms with Gasteiger partial charge in [-0.1, -0.05) is 26.1 Å². The molecular weight excluding hydrogens is 174 g/mol. The number of nitrogens with one attached hydrogen (secondary N) is 1. The largest absolute Gasteiger partial charge is 0.461 e. The number of hydrogen-bond acceptors (Lipinski definition) is 3. The van der Waals surface area contributed by atoms with Gasteiger partial charge < -0.3 is 10.1 Å². The van der Waals surface area contributed by atoms with Crippen molar-refractivity contribution in [3.63, 3.8) is 0 Å². The maximum Gasteiger partial charge on any atom is 0.365 e. The maximum absolute atomic E-state index is 10.9. The Kier molecular flexibility index (Phi) is 5.62. The van der Waals surface area contributed by atoms with Crippen molar-refractivity contribution in [2.75, 3.05) is 13.2 Å². The number of ether oxygens (including phenoxy) is 1. The van der Waals surface area contributed by atoms with Crippen LogP contribution in [0.3, 0.4) is 0 Å². The molecule has 12 heavy (non-hydrogen) atoms. The minimum Gasteiger partial charge on any atom is -0.461 e. The monoisotopic (exact) mass is 189 g/mol. The summed E-state index contributed by atoms with van der Waals surface area (Å²) in [6, 6.07) is 0. The lowest BCUT2D eigenvalue weighted by Crippen LogP contribution is -2.33. The minimum atomic E-state index is -0.437. The molecule has 0 aromatic heterocycles. The van der Waals surface area contributed by atoms with Crippen LogP contribution in [0.25, 0.3) is 0 Å². The third-order valence-corrected chi connectivity index (χ3v) is 1.44.